The monoisotopic (exact) mass is 288 g/mol. The number of hydrogen-bond donors (Lipinski definition) is 1. The van der Waals surface area contributed by atoms with Crippen molar-refractivity contribution in [3.63, 3.8) is 0 Å². The van der Waals surface area contributed by atoms with Crippen LogP contribution in [0.4, 0.5) is 0 Å². The van der Waals surface area contributed by atoms with E-state index in [0.29, 0.717) is 18.0 Å². The van der Waals surface area contributed by atoms with Gasteiger partial charge in [0.2, 0.25) is 10.0 Å². The van der Waals surface area contributed by atoms with Crippen molar-refractivity contribution in [2.45, 2.75) is 31.2 Å². The molecule has 2 N–H and O–H groups in total. The zero-order valence-corrected chi connectivity index (χ0v) is 12.5. The van der Waals surface area contributed by atoms with Gasteiger partial charge in [0, 0.05) is 29.9 Å². The van der Waals surface area contributed by atoms with Crippen LogP contribution in [0.2, 0.25) is 0 Å². The van der Waals surface area contributed by atoms with E-state index in [0.717, 1.165) is 22.6 Å². The molecule has 102 valence electrons. The average molecular weight is 288 g/mol. The van der Waals surface area contributed by atoms with E-state index in [9.17, 15) is 8.42 Å². The number of nitrogens with two attached hydrogens (primary N) is 1. The van der Waals surface area contributed by atoms with Crippen molar-refractivity contribution >= 4 is 21.4 Å². The van der Waals surface area contributed by atoms with Gasteiger partial charge in [-0.15, -0.1) is 17.9 Å². The maximum atomic E-state index is 12.3. The third-order valence-corrected chi connectivity index (χ3v) is 5.88. The van der Waals surface area contributed by atoms with Gasteiger partial charge in [-0.05, 0) is 25.8 Å². The number of nitrogens with zero attached hydrogens (tertiary/aromatic N) is 1. The second kappa shape index (κ2) is 6.47. The molecule has 0 spiro atoms. The quantitative estimate of drug-likeness (QED) is 0.617. The first-order chi connectivity index (χ1) is 8.43. The lowest BCUT2D eigenvalue weighted by Crippen LogP contribution is -2.28. The molecule has 1 rings (SSSR count). The van der Waals surface area contributed by atoms with Crippen LogP contribution in [0.25, 0.3) is 0 Å². The second-order valence-electron chi connectivity index (χ2n) is 4.09. The van der Waals surface area contributed by atoms with E-state index >= 15 is 0 Å². The molecule has 0 bridgehead atoms. The predicted octanol–water partition coefficient (Wildman–Crippen LogP) is 2.10. The lowest BCUT2D eigenvalue weighted by atomic mass is 10.3. The van der Waals surface area contributed by atoms with Crippen LogP contribution in [0.15, 0.2) is 23.6 Å². The molecule has 0 aliphatic rings. The number of allylic oxidation sites excluding steroid dienone is 1. The van der Waals surface area contributed by atoms with Crippen LogP contribution in [0.5, 0.6) is 0 Å². The first kappa shape index (κ1) is 15.4. The Morgan fingerprint density at radius 2 is 2.22 bits per heavy atom. The van der Waals surface area contributed by atoms with Crippen LogP contribution in [0, 0.1) is 6.92 Å². The number of hydrogen-bond acceptors (Lipinski definition) is 4. The van der Waals surface area contributed by atoms with Gasteiger partial charge < -0.3 is 5.73 Å². The lowest BCUT2D eigenvalue weighted by Gasteiger charge is -2.16. The minimum Gasteiger partial charge on any atom is -0.326 e. The molecule has 6 heteroatoms. The second-order valence-corrected chi connectivity index (χ2v) is 7.45. The Balaban J connectivity index is 2.90. The molecule has 0 saturated heterocycles. The van der Waals surface area contributed by atoms with Crippen molar-refractivity contribution < 1.29 is 8.42 Å². The number of aryl methyl sites for hydroxylation is 1. The molecule has 0 radical (unpaired) electrons. The van der Waals surface area contributed by atoms with Gasteiger partial charge in [0.05, 0.1) is 4.90 Å². The fourth-order valence-corrected chi connectivity index (χ4v) is 4.32. The molecule has 1 aromatic heterocycles. The molecule has 0 aromatic carbocycles. The lowest BCUT2D eigenvalue weighted by molar-refractivity contribution is 0.462. The fourth-order valence-electron chi connectivity index (χ4n) is 1.63. The van der Waals surface area contributed by atoms with Crippen LogP contribution in [-0.2, 0) is 16.6 Å². The Morgan fingerprint density at radius 1 is 1.56 bits per heavy atom. The zero-order valence-electron chi connectivity index (χ0n) is 10.8. The summed E-state index contributed by atoms with van der Waals surface area (Å²) < 4.78 is 26.1. The molecular formula is C12H20N2O2S2. The summed E-state index contributed by atoms with van der Waals surface area (Å²) in [4.78, 5) is 2.07. The number of thiophene rings is 1. The first-order valence-corrected chi connectivity index (χ1v) is 8.05. The summed E-state index contributed by atoms with van der Waals surface area (Å²) in [5.74, 6) is 0. The van der Waals surface area contributed by atoms with Crippen LogP contribution >= 0.6 is 11.3 Å². The first-order valence-electron chi connectivity index (χ1n) is 5.80. The molecule has 18 heavy (non-hydrogen) atoms. The molecule has 0 atom stereocenters. The topological polar surface area (TPSA) is 63.4 Å². The molecule has 0 fully saturated rings. The Kier molecular flexibility index (Phi) is 5.52. The maximum absolute atomic E-state index is 12.3. The van der Waals surface area contributed by atoms with Crippen molar-refractivity contribution in [3.8, 4) is 0 Å². The van der Waals surface area contributed by atoms with Crippen LogP contribution < -0.4 is 5.73 Å². The Labute approximate surface area is 113 Å². The van der Waals surface area contributed by atoms with Gasteiger partial charge in [0.15, 0.2) is 0 Å². The standard InChI is InChI=1S/C12H20N2O2S2/c1-4-5-6-7-14(3)18(15,16)12-8-11(9-13)17-10(12)2/h4,8H,1,5-7,9,13H2,2-3H3. The van der Waals surface area contributed by atoms with Gasteiger partial charge in [-0.3, -0.25) is 0 Å². The van der Waals surface area contributed by atoms with Crippen molar-refractivity contribution in [2.24, 2.45) is 5.73 Å². The van der Waals surface area contributed by atoms with E-state index in [2.05, 4.69) is 6.58 Å². The summed E-state index contributed by atoms with van der Waals surface area (Å²) in [6.07, 6.45) is 3.39. The molecule has 4 nitrogen and oxygen atoms in total. The third-order valence-electron chi connectivity index (χ3n) is 2.69. The van der Waals surface area contributed by atoms with Gasteiger partial charge in [-0.1, -0.05) is 6.08 Å². The predicted molar refractivity (Wildman–Crippen MR) is 76.2 cm³/mol. The van der Waals surface area contributed by atoms with Gasteiger partial charge in [-0.25, -0.2) is 12.7 Å². The van der Waals surface area contributed by atoms with Gasteiger partial charge in [0.1, 0.15) is 0 Å². The Morgan fingerprint density at radius 3 is 2.72 bits per heavy atom. The summed E-state index contributed by atoms with van der Waals surface area (Å²) in [5.41, 5.74) is 5.54. The van der Waals surface area contributed by atoms with E-state index in [1.807, 2.05) is 6.92 Å². The Hall–Kier alpha value is -0.690. The van der Waals surface area contributed by atoms with Crippen LogP contribution in [0.1, 0.15) is 22.6 Å². The van der Waals surface area contributed by atoms with Gasteiger partial charge in [-0.2, -0.15) is 0 Å². The molecular weight excluding hydrogens is 268 g/mol. The molecule has 0 aliphatic heterocycles. The average Bonchev–Trinajstić information content (AvgIpc) is 2.71. The molecule has 0 saturated carbocycles. The summed E-state index contributed by atoms with van der Waals surface area (Å²) in [5, 5.41) is 0. The summed E-state index contributed by atoms with van der Waals surface area (Å²) >= 11 is 1.44. The Bertz CT molecular complexity index is 506. The van der Waals surface area contributed by atoms with Crippen molar-refractivity contribution in [2.75, 3.05) is 13.6 Å². The highest BCUT2D eigenvalue weighted by Gasteiger charge is 2.24. The number of sulfonamides is 1. The molecule has 0 aliphatic carbocycles. The van der Waals surface area contributed by atoms with Crippen LogP contribution in [-0.4, -0.2) is 26.3 Å². The normalized spacial score (nSPS) is 12.0. The van der Waals surface area contributed by atoms with Gasteiger partial charge >= 0.3 is 0 Å². The zero-order chi connectivity index (χ0) is 13.8. The minimum absolute atomic E-state index is 0.376. The third kappa shape index (κ3) is 3.41. The van der Waals surface area contributed by atoms with E-state index in [4.69, 9.17) is 5.73 Å². The number of unbranched alkanes of at least 4 members (excludes halogenated alkanes) is 1. The smallest absolute Gasteiger partial charge is 0.243 e. The summed E-state index contributed by atoms with van der Waals surface area (Å²) in [7, 11) is -1.78. The summed E-state index contributed by atoms with van der Waals surface area (Å²) in [6.45, 7) is 6.32. The highest BCUT2D eigenvalue weighted by molar-refractivity contribution is 7.89. The van der Waals surface area contributed by atoms with E-state index in [-0.39, 0.29) is 0 Å². The highest BCUT2D eigenvalue weighted by atomic mass is 32.2. The van der Waals surface area contributed by atoms with Crippen LogP contribution in [0.3, 0.4) is 0 Å². The van der Waals surface area contributed by atoms with E-state index in [1.54, 1.807) is 19.2 Å². The molecule has 0 unspecified atom stereocenters. The van der Waals surface area contributed by atoms with E-state index in [1.165, 1.54) is 15.6 Å². The molecule has 1 aromatic rings. The highest BCUT2D eigenvalue weighted by Crippen LogP contribution is 2.27. The van der Waals surface area contributed by atoms with Crippen molar-refractivity contribution in [1.29, 1.82) is 0 Å². The maximum Gasteiger partial charge on any atom is 0.243 e. The SMILES string of the molecule is C=CCCCN(C)S(=O)(=O)c1cc(CN)sc1C. The molecule has 1 heterocycles. The van der Waals surface area contributed by atoms with Gasteiger partial charge in [0.25, 0.3) is 0 Å². The van der Waals surface area contributed by atoms with Crippen molar-refractivity contribution in [3.05, 3.63) is 28.5 Å². The largest absolute Gasteiger partial charge is 0.326 e. The fraction of sp³-hybridized carbons (Fsp3) is 0.500. The van der Waals surface area contributed by atoms with E-state index < -0.39 is 10.0 Å². The van der Waals surface area contributed by atoms with Crippen molar-refractivity contribution in [1.82, 2.24) is 4.31 Å². The number of rotatable bonds is 7. The summed E-state index contributed by atoms with van der Waals surface area (Å²) in [6, 6.07) is 1.68. The minimum atomic E-state index is -3.39. The molecule has 0 amide bonds.